The molecule has 1 amide bonds. The average molecular weight is 335 g/mol. The molecule has 0 saturated heterocycles. The van der Waals surface area contributed by atoms with Crippen molar-refractivity contribution in [2.75, 3.05) is 5.32 Å². The van der Waals surface area contributed by atoms with E-state index in [2.05, 4.69) is 27.6 Å². The molecule has 3 aromatic rings. The van der Waals surface area contributed by atoms with Crippen molar-refractivity contribution >= 4 is 22.4 Å². The van der Waals surface area contributed by atoms with Crippen LogP contribution in [0.2, 0.25) is 0 Å². The van der Waals surface area contributed by atoms with Gasteiger partial charge in [0.05, 0.1) is 6.42 Å². The molecule has 0 spiro atoms. The Bertz CT molecular complexity index is 839. The van der Waals surface area contributed by atoms with E-state index in [-0.39, 0.29) is 5.91 Å². The number of rotatable bonds is 5. The molecule has 1 aromatic heterocycles. The molecule has 24 heavy (non-hydrogen) atoms. The maximum atomic E-state index is 12.2. The minimum Gasteiger partial charge on any atom is -0.300 e. The summed E-state index contributed by atoms with van der Waals surface area (Å²) in [5, 5.41) is 12.7. The highest BCUT2D eigenvalue weighted by Crippen LogP contribution is 2.42. The first-order valence-corrected chi connectivity index (χ1v) is 8.87. The molecule has 5 heteroatoms. The molecule has 0 unspecified atom stereocenters. The molecule has 0 radical (unpaired) electrons. The molecular formula is C19H17N3OS. The molecule has 1 aliphatic rings. The smallest absolute Gasteiger partial charge is 0.230 e. The van der Waals surface area contributed by atoms with Crippen LogP contribution in [0.4, 0.5) is 5.13 Å². The topological polar surface area (TPSA) is 54.9 Å². The highest BCUT2D eigenvalue weighted by molar-refractivity contribution is 7.15. The number of hydrogen-bond acceptors (Lipinski definition) is 4. The fourth-order valence-electron chi connectivity index (χ4n) is 2.57. The summed E-state index contributed by atoms with van der Waals surface area (Å²) in [7, 11) is 0. The summed E-state index contributed by atoms with van der Waals surface area (Å²) in [6, 6.07) is 18.3. The lowest BCUT2D eigenvalue weighted by molar-refractivity contribution is -0.115. The number of anilines is 1. The van der Waals surface area contributed by atoms with E-state index in [4.69, 9.17) is 0 Å². The minimum absolute atomic E-state index is 0.0547. The molecule has 1 aliphatic carbocycles. The van der Waals surface area contributed by atoms with Gasteiger partial charge >= 0.3 is 0 Å². The monoisotopic (exact) mass is 335 g/mol. The lowest BCUT2D eigenvalue weighted by atomic mass is 10.0. The first kappa shape index (κ1) is 15.0. The van der Waals surface area contributed by atoms with Crippen LogP contribution in [0.5, 0.6) is 0 Å². The summed E-state index contributed by atoms with van der Waals surface area (Å²) >= 11 is 1.49. The molecule has 0 bridgehead atoms. The predicted octanol–water partition coefficient (Wildman–Crippen LogP) is 4.26. The first-order chi connectivity index (χ1) is 11.8. The normalized spacial score (nSPS) is 13.7. The van der Waals surface area contributed by atoms with Gasteiger partial charge < -0.3 is 5.32 Å². The number of aromatic nitrogens is 2. The van der Waals surface area contributed by atoms with Crippen LogP contribution in [0.15, 0.2) is 54.6 Å². The second kappa shape index (κ2) is 6.53. The number of amides is 1. The summed E-state index contributed by atoms with van der Waals surface area (Å²) in [6.07, 6.45) is 2.72. The molecule has 4 rings (SSSR count). The van der Waals surface area contributed by atoms with Crippen molar-refractivity contribution in [1.29, 1.82) is 0 Å². The standard InChI is InChI=1S/C19H17N3OS/c23-17(20-19-22-21-18(24-19)16-10-11-16)12-13-6-8-15(9-7-13)14-4-2-1-3-5-14/h1-9,16H,10-12H2,(H,20,22,23). The predicted molar refractivity (Wildman–Crippen MR) is 96.1 cm³/mol. The Kier molecular flexibility index (Phi) is 4.09. The van der Waals surface area contributed by atoms with Crippen LogP contribution < -0.4 is 5.32 Å². The molecular weight excluding hydrogens is 318 g/mol. The van der Waals surface area contributed by atoms with E-state index in [0.29, 0.717) is 17.5 Å². The van der Waals surface area contributed by atoms with E-state index < -0.39 is 0 Å². The number of hydrogen-bond donors (Lipinski definition) is 1. The van der Waals surface area contributed by atoms with Crippen LogP contribution in [0, 0.1) is 0 Å². The van der Waals surface area contributed by atoms with Crippen LogP contribution in [0.1, 0.15) is 29.3 Å². The van der Waals surface area contributed by atoms with Crippen LogP contribution in [-0.2, 0) is 11.2 Å². The average Bonchev–Trinajstić information content (AvgIpc) is 3.36. The highest BCUT2D eigenvalue weighted by atomic mass is 32.1. The Morgan fingerprint density at radius 2 is 1.71 bits per heavy atom. The lowest BCUT2D eigenvalue weighted by Gasteiger charge is -2.04. The van der Waals surface area contributed by atoms with Gasteiger partial charge in [-0.3, -0.25) is 4.79 Å². The Balaban J connectivity index is 1.38. The number of nitrogens with zero attached hydrogens (tertiary/aromatic N) is 2. The molecule has 1 N–H and O–H groups in total. The van der Waals surface area contributed by atoms with Crippen molar-refractivity contribution in [3.63, 3.8) is 0 Å². The summed E-state index contributed by atoms with van der Waals surface area (Å²) in [4.78, 5) is 12.2. The molecule has 0 atom stereocenters. The number of nitrogens with one attached hydrogen (secondary N) is 1. The fourth-order valence-corrected chi connectivity index (χ4v) is 3.50. The van der Waals surface area contributed by atoms with Gasteiger partial charge in [-0.2, -0.15) is 0 Å². The van der Waals surface area contributed by atoms with Crippen LogP contribution in [0.3, 0.4) is 0 Å². The summed E-state index contributed by atoms with van der Waals surface area (Å²) < 4.78 is 0. The summed E-state index contributed by atoms with van der Waals surface area (Å²) in [5.74, 6) is 0.514. The summed E-state index contributed by atoms with van der Waals surface area (Å²) in [6.45, 7) is 0. The summed E-state index contributed by atoms with van der Waals surface area (Å²) in [5.41, 5.74) is 3.31. The zero-order valence-electron chi connectivity index (χ0n) is 13.1. The minimum atomic E-state index is -0.0547. The zero-order chi connectivity index (χ0) is 16.4. The lowest BCUT2D eigenvalue weighted by Crippen LogP contribution is -2.14. The van der Waals surface area contributed by atoms with E-state index in [1.54, 1.807) is 0 Å². The van der Waals surface area contributed by atoms with Gasteiger partial charge in [-0.25, -0.2) is 0 Å². The van der Waals surface area contributed by atoms with E-state index in [1.807, 2.05) is 42.5 Å². The Hall–Kier alpha value is -2.53. The third-order valence-electron chi connectivity index (χ3n) is 4.04. The number of benzene rings is 2. The Labute approximate surface area is 144 Å². The zero-order valence-corrected chi connectivity index (χ0v) is 13.9. The van der Waals surface area contributed by atoms with Gasteiger partial charge in [-0.1, -0.05) is 65.9 Å². The van der Waals surface area contributed by atoms with E-state index >= 15 is 0 Å². The third kappa shape index (κ3) is 3.51. The van der Waals surface area contributed by atoms with Crippen molar-refractivity contribution in [2.24, 2.45) is 0 Å². The van der Waals surface area contributed by atoms with Gasteiger partial charge in [-0.15, -0.1) is 10.2 Å². The van der Waals surface area contributed by atoms with Crippen molar-refractivity contribution < 1.29 is 4.79 Å². The maximum absolute atomic E-state index is 12.2. The maximum Gasteiger partial charge on any atom is 0.230 e. The largest absolute Gasteiger partial charge is 0.300 e. The molecule has 120 valence electrons. The van der Waals surface area contributed by atoms with Crippen molar-refractivity contribution in [1.82, 2.24) is 10.2 Å². The van der Waals surface area contributed by atoms with Gasteiger partial charge in [0.15, 0.2) is 0 Å². The van der Waals surface area contributed by atoms with Gasteiger partial charge in [0.25, 0.3) is 0 Å². The molecule has 2 aromatic carbocycles. The SMILES string of the molecule is O=C(Cc1ccc(-c2ccccc2)cc1)Nc1nnc(C2CC2)s1. The van der Waals surface area contributed by atoms with Crippen LogP contribution in [-0.4, -0.2) is 16.1 Å². The number of carbonyl (C=O) groups excluding carboxylic acids is 1. The van der Waals surface area contributed by atoms with Crippen molar-refractivity contribution in [3.05, 3.63) is 65.2 Å². The van der Waals surface area contributed by atoms with E-state index in [9.17, 15) is 4.79 Å². The van der Waals surface area contributed by atoms with E-state index in [0.717, 1.165) is 16.1 Å². The van der Waals surface area contributed by atoms with E-state index in [1.165, 1.54) is 29.7 Å². The van der Waals surface area contributed by atoms with Crippen LogP contribution in [0.25, 0.3) is 11.1 Å². The Morgan fingerprint density at radius 3 is 2.42 bits per heavy atom. The van der Waals surface area contributed by atoms with Crippen molar-refractivity contribution in [3.8, 4) is 11.1 Å². The van der Waals surface area contributed by atoms with Gasteiger partial charge in [0.1, 0.15) is 5.01 Å². The van der Waals surface area contributed by atoms with Gasteiger partial charge in [-0.05, 0) is 29.5 Å². The molecule has 1 fully saturated rings. The molecule has 1 saturated carbocycles. The molecule has 4 nitrogen and oxygen atoms in total. The highest BCUT2D eigenvalue weighted by Gasteiger charge is 2.27. The van der Waals surface area contributed by atoms with Crippen LogP contribution >= 0.6 is 11.3 Å². The quantitative estimate of drug-likeness (QED) is 0.758. The second-order valence-electron chi connectivity index (χ2n) is 6.01. The fraction of sp³-hybridized carbons (Fsp3) is 0.211. The van der Waals surface area contributed by atoms with Gasteiger partial charge in [0, 0.05) is 5.92 Å². The third-order valence-corrected chi connectivity index (χ3v) is 5.04. The van der Waals surface area contributed by atoms with Crippen molar-refractivity contribution in [2.45, 2.75) is 25.2 Å². The van der Waals surface area contributed by atoms with Gasteiger partial charge in [0.2, 0.25) is 11.0 Å². The molecule has 0 aliphatic heterocycles. The number of carbonyl (C=O) groups is 1. The first-order valence-electron chi connectivity index (χ1n) is 8.05. The Morgan fingerprint density at radius 1 is 1.00 bits per heavy atom. The molecule has 1 heterocycles. The second-order valence-corrected chi connectivity index (χ2v) is 7.02.